The Morgan fingerprint density at radius 3 is 2.47 bits per heavy atom. The largest absolute Gasteiger partial charge is 0.393 e. The molecule has 160 valence electrons. The van der Waals surface area contributed by atoms with Crippen LogP contribution < -0.4 is 16.6 Å². The number of benzene rings is 1. The first-order valence-electron chi connectivity index (χ1n) is 9.81. The van der Waals surface area contributed by atoms with Crippen molar-refractivity contribution in [3.8, 4) is 0 Å². The summed E-state index contributed by atoms with van der Waals surface area (Å²) in [5.41, 5.74) is 0.501. The van der Waals surface area contributed by atoms with Gasteiger partial charge in [-0.1, -0.05) is 29.3 Å². The molecule has 0 bridgehead atoms. The predicted octanol–water partition coefficient (Wildman–Crippen LogP) is 2.50. The molecule has 0 saturated heterocycles. The zero-order valence-electron chi connectivity index (χ0n) is 16.7. The van der Waals surface area contributed by atoms with E-state index >= 15 is 0 Å². The van der Waals surface area contributed by atoms with Crippen molar-refractivity contribution in [2.45, 2.75) is 44.4 Å². The predicted molar refractivity (Wildman–Crippen MR) is 118 cm³/mol. The molecule has 0 aliphatic heterocycles. The number of fused-ring (bicyclic) bond motifs is 1. The summed E-state index contributed by atoms with van der Waals surface area (Å²) in [5, 5.41) is 13.8. The number of aromatic nitrogens is 4. The van der Waals surface area contributed by atoms with Crippen LogP contribution in [0.2, 0.25) is 10.0 Å². The van der Waals surface area contributed by atoms with Crippen LogP contribution in [0.25, 0.3) is 11.2 Å². The van der Waals surface area contributed by atoms with Crippen LogP contribution in [0, 0.1) is 0 Å². The van der Waals surface area contributed by atoms with Gasteiger partial charge in [-0.2, -0.15) is 4.98 Å². The third kappa shape index (κ3) is 3.75. The molecule has 10 heteroatoms. The lowest BCUT2D eigenvalue weighted by Crippen LogP contribution is -2.39. The van der Waals surface area contributed by atoms with Gasteiger partial charge >= 0.3 is 5.69 Å². The minimum absolute atomic E-state index is 0.0762. The molecule has 2 aromatic heterocycles. The van der Waals surface area contributed by atoms with Gasteiger partial charge in [0.1, 0.15) is 0 Å². The van der Waals surface area contributed by atoms with Gasteiger partial charge in [-0.3, -0.25) is 13.9 Å². The lowest BCUT2D eigenvalue weighted by molar-refractivity contribution is 0.126. The van der Waals surface area contributed by atoms with Crippen molar-refractivity contribution in [1.82, 2.24) is 18.7 Å². The summed E-state index contributed by atoms with van der Waals surface area (Å²) in [6, 6.07) is 5.19. The van der Waals surface area contributed by atoms with E-state index in [1.165, 1.54) is 9.13 Å². The van der Waals surface area contributed by atoms with Gasteiger partial charge in [0, 0.05) is 20.1 Å². The average molecular weight is 452 g/mol. The molecule has 0 radical (unpaired) electrons. The van der Waals surface area contributed by atoms with E-state index in [9.17, 15) is 14.7 Å². The smallest absolute Gasteiger partial charge is 0.332 e. The first-order valence-corrected chi connectivity index (χ1v) is 10.6. The topological polar surface area (TPSA) is 94.1 Å². The zero-order chi connectivity index (χ0) is 21.6. The monoisotopic (exact) mass is 451 g/mol. The highest BCUT2D eigenvalue weighted by molar-refractivity contribution is 6.42. The number of aliphatic hydroxyl groups excluding tert-OH is 1. The standard InChI is InChI=1S/C20H23Cl2N5O3/c1-25-16-17(24-19(25)23-12-4-6-13(28)7-5-12)26(2)20(30)27(18(16)29)10-11-3-8-14(21)15(22)9-11/h3,8-9,12-13,28H,4-7,10H2,1-2H3,(H,23,24). The summed E-state index contributed by atoms with van der Waals surface area (Å²) in [4.78, 5) is 30.6. The van der Waals surface area contributed by atoms with E-state index in [-0.39, 0.29) is 18.7 Å². The molecule has 8 nitrogen and oxygen atoms in total. The Labute approximate surface area is 182 Å². The van der Waals surface area contributed by atoms with Crippen molar-refractivity contribution < 1.29 is 5.11 Å². The molecule has 2 heterocycles. The third-order valence-corrected chi connectivity index (χ3v) is 6.45. The van der Waals surface area contributed by atoms with E-state index < -0.39 is 11.2 Å². The van der Waals surface area contributed by atoms with Crippen molar-refractivity contribution in [3.05, 3.63) is 54.6 Å². The molecule has 0 atom stereocenters. The van der Waals surface area contributed by atoms with Crippen molar-refractivity contribution in [1.29, 1.82) is 0 Å². The molecular weight excluding hydrogens is 429 g/mol. The van der Waals surface area contributed by atoms with Gasteiger partial charge in [-0.05, 0) is 43.4 Å². The molecule has 1 aliphatic rings. The highest BCUT2D eigenvalue weighted by atomic mass is 35.5. The van der Waals surface area contributed by atoms with Crippen molar-refractivity contribution in [2.75, 3.05) is 5.32 Å². The number of hydrogen-bond acceptors (Lipinski definition) is 5. The van der Waals surface area contributed by atoms with Gasteiger partial charge in [0.2, 0.25) is 5.95 Å². The number of nitrogens with zero attached hydrogens (tertiary/aromatic N) is 4. The number of hydrogen-bond donors (Lipinski definition) is 2. The van der Waals surface area contributed by atoms with Crippen LogP contribution in [0.1, 0.15) is 31.2 Å². The lowest BCUT2D eigenvalue weighted by Gasteiger charge is -2.26. The number of nitrogens with one attached hydrogen (secondary N) is 1. The summed E-state index contributed by atoms with van der Waals surface area (Å²) in [6.45, 7) is 0.0762. The molecule has 1 saturated carbocycles. The molecule has 2 N–H and O–H groups in total. The Bertz CT molecular complexity index is 1220. The van der Waals surface area contributed by atoms with E-state index in [1.54, 1.807) is 36.9 Å². The second kappa shape index (κ2) is 8.09. The van der Waals surface area contributed by atoms with Gasteiger partial charge < -0.3 is 15.0 Å². The number of imidazole rings is 1. The maximum atomic E-state index is 13.2. The number of halogens is 2. The molecule has 0 unspecified atom stereocenters. The van der Waals surface area contributed by atoms with E-state index in [0.29, 0.717) is 32.7 Å². The summed E-state index contributed by atoms with van der Waals surface area (Å²) in [6.07, 6.45) is 2.86. The molecule has 1 fully saturated rings. The molecule has 3 aromatic rings. The molecule has 0 spiro atoms. The average Bonchev–Trinajstić information content (AvgIpc) is 3.04. The molecular formula is C20H23Cl2N5O3. The maximum absolute atomic E-state index is 13.2. The highest BCUT2D eigenvalue weighted by Crippen LogP contribution is 2.24. The normalized spacial score (nSPS) is 19.4. The molecule has 30 heavy (non-hydrogen) atoms. The van der Waals surface area contributed by atoms with Crippen LogP contribution in [0.5, 0.6) is 0 Å². The van der Waals surface area contributed by atoms with Crippen LogP contribution in [-0.2, 0) is 20.6 Å². The maximum Gasteiger partial charge on any atom is 0.332 e. The lowest BCUT2D eigenvalue weighted by atomic mass is 9.93. The minimum Gasteiger partial charge on any atom is -0.393 e. The Morgan fingerprint density at radius 2 is 1.80 bits per heavy atom. The van der Waals surface area contributed by atoms with Crippen LogP contribution in [0.3, 0.4) is 0 Å². The fraction of sp³-hybridized carbons (Fsp3) is 0.450. The van der Waals surface area contributed by atoms with Crippen molar-refractivity contribution in [2.24, 2.45) is 14.1 Å². The van der Waals surface area contributed by atoms with E-state index in [1.807, 2.05) is 0 Å². The highest BCUT2D eigenvalue weighted by Gasteiger charge is 2.23. The second-order valence-corrected chi connectivity index (χ2v) is 8.61. The first kappa shape index (κ1) is 21.0. The molecule has 1 aromatic carbocycles. The number of aliphatic hydroxyl groups is 1. The first-order chi connectivity index (χ1) is 14.3. The Kier molecular flexibility index (Phi) is 5.65. The minimum atomic E-state index is -0.455. The van der Waals surface area contributed by atoms with Crippen LogP contribution in [0.4, 0.5) is 5.95 Å². The van der Waals surface area contributed by atoms with Crippen LogP contribution >= 0.6 is 23.2 Å². The summed E-state index contributed by atoms with van der Waals surface area (Å²) in [7, 11) is 3.36. The van der Waals surface area contributed by atoms with Gasteiger partial charge in [-0.15, -0.1) is 0 Å². The van der Waals surface area contributed by atoms with Gasteiger partial charge in [0.25, 0.3) is 5.56 Å². The Balaban J connectivity index is 1.74. The summed E-state index contributed by atoms with van der Waals surface area (Å²) >= 11 is 12.0. The van der Waals surface area contributed by atoms with E-state index in [0.717, 1.165) is 25.7 Å². The quantitative estimate of drug-likeness (QED) is 0.635. The zero-order valence-corrected chi connectivity index (χ0v) is 18.2. The van der Waals surface area contributed by atoms with Gasteiger partial charge in [0.05, 0.1) is 22.7 Å². The fourth-order valence-electron chi connectivity index (χ4n) is 3.94. The van der Waals surface area contributed by atoms with Crippen LogP contribution in [-0.4, -0.2) is 35.9 Å². The number of anilines is 1. The molecule has 0 amide bonds. The van der Waals surface area contributed by atoms with E-state index in [4.69, 9.17) is 23.2 Å². The Morgan fingerprint density at radius 1 is 1.10 bits per heavy atom. The van der Waals surface area contributed by atoms with Crippen LogP contribution in [0.15, 0.2) is 27.8 Å². The van der Waals surface area contributed by atoms with Gasteiger partial charge in [0.15, 0.2) is 11.2 Å². The van der Waals surface area contributed by atoms with Crippen molar-refractivity contribution >= 4 is 40.3 Å². The SMILES string of the molecule is Cn1c(NC2CCC(O)CC2)nc2c1c(=O)n(Cc1ccc(Cl)c(Cl)c1)c(=O)n2C. The number of rotatable bonds is 4. The second-order valence-electron chi connectivity index (χ2n) is 7.80. The Hall–Kier alpha value is -2.29. The number of aryl methyl sites for hydroxylation is 2. The fourth-order valence-corrected chi connectivity index (χ4v) is 4.26. The molecule has 1 aliphatic carbocycles. The van der Waals surface area contributed by atoms with E-state index in [2.05, 4.69) is 10.3 Å². The summed E-state index contributed by atoms with van der Waals surface area (Å²) < 4.78 is 4.24. The van der Waals surface area contributed by atoms with Gasteiger partial charge in [-0.25, -0.2) is 4.79 Å². The summed E-state index contributed by atoms with van der Waals surface area (Å²) in [5.74, 6) is 0.533. The molecule has 4 rings (SSSR count). The van der Waals surface area contributed by atoms with Crippen molar-refractivity contribution in [3.63, 3.8) is 0 Å². The third-order valence-electron chi connectivity index (χ3n) is 5.71.